The van der Waals surface area contributed by atoms with Crippen molar-refractivity contribution < 1.29 is 87.9 Å². The molecule has 10 unspecified atom stereocenters. The summed E-state index contributed by atoms with van der Waals surface area (Å²) < 4.78 is 38.3. The van der Waals surface area contributed by atoms with Crippen molar-refractivity contribution in [3.05, 3.63) is 112 Å². The number of thiazole rings is 5. The van der Waals surface area contributed by atoms with Crippen molar-refractivity contribution in [2.24, 2.45) is 0 Å². The van der Waals surface area contributed by atoms with E-state index >= 15 is 14.4 Å². The number of carbonyl (C=O) groups excluding carboxylic acids is 6. The van der Waals surface area contributed by atoms with Crippen LogP contribution in [0.1, 0.15) is 120 Å². The molecule has 36 heteroatoms. The third-order valence-electron chi connectivity index (χ3n) is 16.8. The number of carbonyl (C=O) groups is 6. The molecule has 4 aliphatic heterocycles. The van der Waals surface area contributed by atoms with Gasteiger partial charge in [0, 0.05) is 69.5 Å². The van der Waals surface area contributed by atoms with E-state index in [1.54, 1.807) is 60.6 Å². The number of nitrogens with zero attached hydrogens (tertiary/aromatic N) is 9. The number of ether oxygens (including phenoxy) is 6. The Balaban J connectivity index is 1.04. The van der Waals surface area contributed by atoms with Crippen molar-refractivity contribution in [2.45, 2.75) is 114 Å². The molecule has 1 saturated heterocycles. The molecule has 98 heavy (non-hydrogen) atoms. The molecule has 10 N–H and O–H groups in total. The van der Waals surface area contributed by atoms with E-state index in [4.69, 9.17) is 48.4 Å². The molecule has 4 amide bonds. The van der Waals surface area contributed by atoms with Gasteiger partial charge >= 0.3 is 11.9 Å². The van der Waals surface area contributed by atoms with Gasteiger partial charge in [-0.25, -0.2) is 39.5 Å². The number of fused-ring (bicyclic) bond motifs is 15. The van der Waals surface area contributed by atoms with Crippen LogP contribution >= 0.6 is 56.7 Å². The fourth-order valence-electron chi connectivity index (χ4n) is 12.3. The number of aliphatic hydroxyl groups is 4. The van der Waals surface area contributed by atoms with Gasteiger partial charge in [0.2, 0.25) is 5.91 Å². The van der Waals surface area contributed by atoms with Gasteiger partial charge in [-0.2, -0.15) is 4.73 Å². The summed E-state index contributed by atoms with van der Waals surface area (Å²) in [5.74, 6) is -6.09. The van der Waals surface area contributed by atoms with Crippen LogP contribution < -0.4 is 21.3 Å². The Hall–Kier alpha value is -8.34. The number of hydrogen-bond acceptors (Lipinski definition) is 31. The van der Waals surface area contributed by atoms with E-state index in [1.165, 1.54) is 49.2 Å². The molecule has 11 heterocycles. The van der Waals surface area contributed by atoms with Crippen LogP contribution in [0.4, 0.5) is 0 Å². The lowest BCUT2D eigenvalue weighted by molar-refractivity contribution is -0.280. The summed E-state index contributed by atoms with van der Waals surface area (Å²) >= 11 is 4.88. The standard InChI is InChI=1S/C62H67N13O18S5/c1-26(78)42-54(83)71-43(27(2)88-7)57-67-37(25-97-57)53(82)72-46-48-49(93-40-16-62(4,86)50(73(5)6)28(3)92-40)61(85)90-18-29-9-8-10-38-41(29)32(19-89-48)47(75(38)87)60(84)91-20-33(64-51(80)35-24-98-59(46)68-35)56-65-34(22-96-56)44-31(55-66-36(23-95-55)52(81)70-42)15-39(79)45(69-44)58-63-30(21-94-58)17-74(11-13-76)12-14-77/h8-10,15,21-26,28,33,40,42,46,48-50,76-79,86-87H,11-14,16-20H2,1-7H3,(H,64,80)(H,70,81)(H,71,83)(H,72,82)/b43-27+. The first-order valence-corrected chi connectivity index (χ1v) is 34.9. The monoisotopic (exact) mass is 1440 g/mol. The lowest BCUT2D eigenvalue weighted by atomic mass is 9.85. The van der Waals surface area contributed by atoms with Crippen molar-refractivity contribution in [3.8, 4) is 38.4 Å². The van der Waals surface area contributed by atoms with Gasteiger partial charge in [0.1, 0.15) is 114 Å². The number of aromatic nitrogens is 7. The summed E-state index contributed by atoms with van der Waals surface area (Å²) in [5.41, 5.74) is -1.44. The van der Waals surface area contributed by atoms with E-state index in [0.29, 0.717) is 16.0 Å². The van der Waals surface area contributed by atoms with Gasteiger partial charge in [0.05, 0.1) is 62.0 Å². The number of amides is 4. The summed E-state index contributed by atoms with van der Waals surface area (Å²) in [6, 6.07) is 0.900. The first-order chi connectivity index (χ1) is 46.9. The molecule has 12 rings (SSSR count). The molecule has 0 radical (unpaired) electrons. The molecule has 12 bridgehead atoms. The molecule has 0 aliphatic carbocycles. The zero-order valence-electron chi connectivity index (χ0n) is 53.4. The number of nitrogens with one attached hydrogen (secondary N) is 4. The first-order valence-electron chi connectivity index (χ1n) is 30.6. The maximum atomic E-state index is 15.2. The molecule has 518 valence electrons. The third kappa shape index (κ3) is 14.0. The molecule has 1 aromatic carbocycles. The average molecular weight is 1440 g/mol. The minimum absolute atomic E-state index is 0.000462. The van der Waals surface area contributed by atoms with E-state index in [1.807, 2.05) is 0 Å². The maximum Gasteiger partial charge on any atom is 0.358 e. The van der Waals surface area contributed by atoms with Crippen LogP contribution in [-0.2, 0) is 57.8 Å². The predicted molar refractivity (Wildman–Crippen MR) is 354 cm³/mol. The number of hydrogen-bond donors (Lipinski definition) is 10. The second-order valence-electron chi connectivity index (χ2n) is 23.9. The number of benzene rings is 1. The fraction of sp³-hybridized carbons (Fsp3) is 0.419. The summed E-state index contributed by atoms with van der Waals surface area (Å²) in [5, 5.41) is 85.8. The van der Waals surface area contributed by atoms with Crippen molar-refractivity contribution in [1.29, 1.82) is 0 Å². The largest absolute Gasteiger partial charge is 0.506 e. The van der Waals surface area contributed by atoms with Gasteiger partial charge < -0.3 is 85.3 Å². The van der Waals surface area contributed by atoms with Crippen LogP contribution in [-0.4, -0.2) is 213 Å². The SMILES string of the molecule is CO/C(C)=C1/NC(=O)C(C(C)O)NC(=O)c2csc(n2)-c2cc(O)c(-c3nc(CN(CCO)CCO)cs3)nc2-c2csc(n2)C2COC(=O)c3c4c5c(cccc5n3O)COC(=O)C(OC3CC(C)(O)C(N(C)C)C(C)O3)C(OC4)C(NC(=O)c3csc1n3)c1nc(cs1)C(=O)N2. The van der Waals surface area contributed by atoms with Gasteiger partial charge in [0.15, 0.2) is 18.1 Å². The Bertz CT molecular complexity index is 4400. The number of rotatable bonds is 12. The smallest absolute Gasteiger partial charge is 0.358 e. The van der Waals surface area contributed by atoms with Crippen LogP contribution in [0.2, 0.25) is 0 Å². The summed E-state index contributed by atoms with van der Waals surface area (Å²) in [7, 11) is 4.87. The van der Waals surface area contributed by atoms with E-state index < -0.39 is 122 Å². The molecule has 10 atom stereocenters. The molecule has 7 aromatic heterocycles. The number of allylic oxidation sites excluding steroid dienone is 1. The summed E-state index contributed by atoms with van der Waals surface area (Å²) in [6.07, 6.45) is -7.46. The van der Waals surface area contributed by atoms with Gasteiger partial charge in [-0.15, -0.1) is 56.7 Å². The normalized spacial score (nSPS) is 24.3. The highest BCUT2D eigenvalue weighted by atomic mass is 32.1. The Morgan fingerprint density at radius 2 is 1.48 bits per heavy atom. The number of aliphatic hydroxyl groups excluding tert-OH is 3. The maximum absolute atomic E-state index is 15.2. The molecular formula is C62H67N13O18S5. The van der Waals surface area contributed by atoms with Crippen molar-refractivity contribution >= 4 is 109 Å². The molecule has 1 fully saturated rings. The van der Waals surface area contributed by atoms with E-state index in [0.717, 1.165) is 56.7 Å². The van der Waals surface area contributed by atoms with Crippen LogP contribution in [0.5, 0.6) is 5.75 Å². The number of likely N-dealkylation sites (N-methyl/N-ethyl adjacent to an activating group) is 1. The summed E-state index contributed by atoms with van der Waals surface area (Å²) in [6.45, 7) is 4.74. The van der Waals surface area contributed by atoms with Gasteiger partial charge in [-0.05, 0) is 59.5 Å². The average Bonchev–Trinajstić information content (AvgIpc) is 1.52. The van der Waals surface area contributed by atoms with E-state index in [9.17, 15) is 45.1 Å². The minimum Gasteiger partial charge on any atom is -0.506 e. The third-order valence-corrected chi connectivity index (χ3v) is 21.3. The Morgan fingerprint density at radius 3 is 2.19 bits per heavy atom. The van der Waals surface area contributed by atoms with Crippen LogP contribution in [0.25, 0.3) is 49.3 Å². The second-order valence-corrected chi connectivity index (χ2v) is 28.2. The highest BCUT2D eigenvalue weighted by Crippen LogP contribution is 2.43. The first kappa shape index (κ1) is 69.6. The fourth-order valence-corrected chi connectivity index (χ4v) is 16.4. The number of aromatic hydroxyl groups is 1. The van der Waals surface area contributed by atoms with E-state index in [-0.39, 0.29) is 138 Å². The Kier molecular flexibility index (Phi) is 20.5. The molecule has 0 saturated carbocycles. The topological polar surface area (TPSA) is 416 Å². The number of cyclic esters (lactones) is 2. The van der Waals surface area contributed by atoms with Gasteiger partial charge in [-0.3, -0.25) is 24.1 Å². The van der Waals surface area contributed by atoms with Crippen LogP contribution in [0.15, 0.2) is 56.9 Å². The van der Waals surface area contributed by atoms with Gasteiger partial charge in [0.25, 0.3) is 17.7 Å². The molecule has 31 nitrogen and oxygen atoms in total. The van der Waals surface area contributed by atoms with Crippen LogP contribution in [0.3, 0.4) is 0 Å². The van der Waals surface area contributed by atoms with Crippen molar-refractivity contribution in [2.75, 3.05) is 54.1 Å². The quantitative estimate of drug-likeness (QED) is 0.0470. The molecule has 0 spiro atoms. The van der Waals surface area contributed by atoms with E-state index in [2.05, 4.69) is 31.2 Å². The highest BCUT2D eigenvalue weighted by Gasteiger charge is 2.50. The molecule has 8 aromatic rings. The minimum atomic E-state index is -1.90. The number of methoxy groups -OCH3 is 1. The molecular weight excluding hydrogens is 1380 g/mol. The predicted octanol–water partition coefficient (Wildman–Crippen LogP) is 3.95. The highest BCUT2D eigenvalue weighted by molar-refractivity contribution is 7.14. The number of esters is 2. The lowest BCUT2D eigenvalue weighted by Crippen LogP contribution is -2.62. The lowest BCUT2D eigenvalue weighted by Gasteiger charge is -2.48. The number of pyridine rings is 1. The Morgan fingerprint density at radius 1 is 0.816 bits per heavy atom. The van der Waals surface area contributed by atoms with Gasteiger partial charge in [-0.1, -0.05) is 12.1 Å². The van der Waals surface area contributed by atoms with Crippen molar-refractivity contribution in [3.63, 3.8) is 0 Å². The second kappa shape index (κ2) is 28.9. The molecule has 4 aliphatic rings. The van der Waals surface area contributed by atoms with Crippen molar-refractivity contribution in [1.82, 2.24) is 65.7 Å². The van der Waals surface area contributed by atoms with Crippen LogP contribution in [0, 0.1) is 0 Å². The zero-order chi connectivity index (χ0) is 69.6. The Labute approximate surface area is 577 Å². The summed E-state index contributed by atoms with van der Waals surface area (Å²) in [4.78, 5) is 121. The zero-order valence-corrected chi connectivity index (χ0v) is 57.5.